The van der Waals surface area contributed by atoms with Crippen molar-refractivity contribution in [1.82, 2.24) is 9.47 Å². The zero-order chi connectivity index (χ0) is 16.7. The van der Waals surface area contributed by atoms with Crippen LogP contribution in [-0.2, 0) is 16.1 Å². The van der Waals surface area contributed by atoms with Gasteiger partial charge in [0.25, 0.3) is 0 Å². The summed E-state index contributed by atoms with van der Waals surface area (Å²) >= 11 is 3.43. The zero-order valence-corrected chi connectivity index (χ0v) is 13.5. The number of nitrogens with zero attached hydrogens (tertiary/aromatic N) is 2. The smallest absolute Gasteiger partial charge is 0.330 e. The molecule has 1 aliphatic heterocycles. The minimum absolute atomic E-state index is 0.122. The third-order valence-electron chi connectivity index (χ3n) is 3.93. The van der Waals surface area contributed by atoms with Crippen molar-refractivity contribution in [2.45, 2.75) is 25.4 Å². The van der Waals surface area contributed by atoms with Gasteiger partial charge in [-0.3, -0.25) is 9.36 Å². The first-order chi connectivity index (χ1) is 10.9. The molecule has 2 heterocycles. The topological polar surface area (TPSA) is 99.8 Å². The van der Waals surface area contributed by atoms with Crippen molar-refractivity contribution in [2.75, 3.05) is 0 Å². The van der Waals surface area contributed by atoms with E-state index in [4.69, 9.17) is 5.11 Å². The van der Waals surface area contributed by atoms with E-state index in [9.17, 15) is 19.5 Å². The van der Waals surface area contributed by atoms with Crippen molar-refractivity contribution in [3.8, 4) is 0 Å². The number of hydrogen-bond acceptors (Lipinski definition) is 3. The van der Waals surface area contributed by atoms with Crippen LogP contribution in [0.5, 0.6) is 0 Å². The number of carbonyl (C=O) groups excluding carboxylic acids is 1. The number of hydrogen-bond donors (Lipinski definition) is 2. The van der Waals surface area contributed by atoms with Crippen LogP contribution < -0.4 is 0 Å². The lowest BCUT2D eigenvalue weighted by atomic mass is 10.1. The maximum atomic E-state index is 12.6. The molecule has 0 bridgehead atoms. The van der Waals surface area contributed by atoms with Crippen LogP contribution >= 0.6 is 15.9 Å². The molecular weight excluding hydrogens is 368 g/mol. The Kier molecular flexibility index (Phi) is 3.85. The summed E-state index contributed by atoms with van der Waals surface area (Å²) in [5.41, 5.74) is 1.39. The molecule has 1 atom stereocenters. The fraction of sp³-hybridized carbons (Fsp3) is 0.267. The number of carboxylic acids is 2. The van der Waals surface area contributed by atoms with E-state index in [2.05, 4.69) is 15.9 Å². The monoisotopic (exact) mass is 380 g/mol. The van der Waals surface area contributed by atoms with Crippen LogP contribution in [0.15, 0.2) is 28.7 Å². The normalized spacial score (nSPS) is 15.0. The van der Waals surface area contributed by atoms with E-state index in [0.717, 1.165) is 9.86 Å². The second kappa shape index (κ2) is 5.69. The average molecular weight is 381 g/mol. The van der Waals surface area contributed by atoms with Crippen molar-refractivity contribution in [3.63, 3.8) is 0 Å². The summed E-state index contributed by atoms with van der Waals surface area (Å²) in [5.74, 6) is -2.28. The van der Waals surface area contributed by atoms with Gasteiger partial charge < -0.3 is 15.1 Å². The number of carbonyl (C=O) groups is 3. The van der Waals surface area contributed by atoms with Crippen molar-refractivity contribution in [3.05, 3.63) is 34.4 Å². The Morgan fingerprint density at radius 3 is 2.70 bits per heavy atom. The van der Waals surface area contributed by atoms with Crippen LogP contribution in [0.4, 0.5) is 4.79 Å². The Balaban J connectivity index is 1.95. The second-order valence-electron chi connectivity index (χ2n) is 5.34. The molecule has 1 aliphatic rings. The SMILES string of the molecule is O=C(O)CCC(C(=O)O)N1Cc2cc3c(Br)cccc3n2C1=O. The van der Waals surface area contributed by atoms with Gasteiger partial charge in [-0.25, -0.2) is 9.59 Å². The van der Waals surface area contributed by atoms with Gasteiger partial charge in [0.05, 0.1) is 12.1 Å². The highest BCUT2D eigenvalue weighted by Gasteiger charge is 2.37. The number of aliphatic carboxylic acids is 2. The summed E-state index contributed by atoms with van der Waals surface area (Å²) < 4.78 is 2.34. The van der Waals surface area contributed by atoms with Gasteiger partial charge in [-0.1, -0.05) is 22.0 Å². The molecule has 120 valence electrons. The quantitative estimate of drug-likeness (QED) is 0.829. The fourth-order valence-electron chi connectivity index (χ4n) is 2.88. The van der Waals surface area contributed by atoms with Crippen LogP contribution in [0.1, 0.15) is 18.5 Å². The summed E-state index contributed by atoms with van der Waals surface area (Å²) in [6, 6.07) is 5.71. The van der Waals surface area contributed by atoms with Gasteiger partial charge in [-0.05, 0) is 24.6 Å². The fourth-order valence-corrected chi connectivity index (χ4v) is 3.35. The number of aromatic nitrogens is 1. The number of benzene rings is 1. The molecule has 1 amide bonds. The van der Waals surface area contributed by atoms with Gasteiger partial charge in [-0.2, -0.15) is 0 Å². The average Bonchev–Trinajstić information content (AvgIpc) is 2.98. The molecule has 0 saturated heterocycles. The number of halogens is 1. The van der Waals surface area contributed by atoms with Crippen molar-refractivity contribution < 1.29 is 24.6 Å². The number of amides is 1. The van der Waals surface area contributed by atoms with Crippen LogP contribution in [0.2, 0.25) is 0 Å². The molecule has 1 aromatic heterocycles. The maximum absolute atomic E-state index is 12.6. The number of fused-ring (bicyclic) bond motifs is 3. The summed E-state index contributed by atoms with van der Waals surface area (Å²) in [5, 5.41) is 19.0. The minimum Gasteiger partial charge on any atom is -0.481 e. The standard InChI is InChI=1S/C15H13BrN2O5/c16-10-2-1-3-11-9(10)6-8-7-17(15(23)18(8)11)12(14(21)22)4-5-13(19)20/h1-3,6,12H,4-5,7H2,(H,19,20)(H,21,22). The first-order valence-electron chi connectivity index (χ1n) is 6.94. The van der Waals surface area contributed by atoms with Crippen molar-refractivity contribution in [1.29, 1.82) is 0 Å². The summed E-state index contributed by atoms with van der Waals surface area (Å²) in [6.07, 6.45) is -0.426. The molecule has 2 aromatic rings. The second-order valence-corrected chi connectivity index (χ2v) is 6.19. The van der Waals surface area contributed by atoms with E-state index in [-0.39, 0.29) is 19.4 Å². The van der Waals surface area contributed by atoms with E-state index in [0.29, 0.717) is 11.2 Å². The molecule has 23 heavy (non-hydrogen) atoms. The van der Waals surface area contributed by atoms with E-state index in [1.165, 1.54) is 9.47 Å². The largest absolute Gasteiger partial charge is 0.481 e. The first kappa shape index (κ1) is 15.5. The van der Waals surface area contributed by atoms with Gasteiger partial charge >= 0.3 is 18.0 Å². The summed E-state index contributed by atoms with van der Waals surface area (Å²) in [6.45, 7) is 0.149. The Hall–Kier alpha value is -2.35. The molecule has 7 nitrogen and oxygen atoms in total. The zero-order valence-electron chi connectivity index (χ0n) is 11.9. The van der Waals surface area contributed by atoms with Gasteiger partial charge in [0.2, 0.25) is 0 Å². The molecular formula is C15H13BrN2O5. The molecule has 0 fully saturated rings. The molecule has 0 aliphatic carbocycles. The lowest BCUT2D eigenvalue weighted by Gasteiger charge is -2.23. The maximum Gasteiger partial charge on any atom is 0.330 e. The van der Waals surface area contributed by atoms with E-state index >= 15 is 0 Å². The van der Waals surface area contributed by atoms with E-state index < -0.39 is 24.0 Å². The van der Waals surface area contributed by atoms with Crippen LogP contribution in [-0.4, -0.2) is 43.7 Å². The molecule has 0 radical (unpaired) electrons. The molecule has 1 aromatic carbocycles. The Morgan fingerprint density at radius 1 is 1.30 bits per heavy atom. The first-order valence-corrected chi connectivity index (χ1v) is 7.74. The van der Waals surface area contributed by atoms with Gasteiger partial charge in [0.15, 0.2) is 0 Å². The lowest BCUT2D eigenvalue weighted by Crippen LogP contribution is -2.42. The van der Waals surface area contributed by atoms with E-state index in [1.54, 1.807) is 12.1 Å². The molecule has 2 N–H and O–H groups in total. The number of rotatable bonds is 5. The summed E-state index contributed by atoms with van der Waals surface area (Å²) in [7, 11) is 0. The number of carboxylic acid groups (broad SMARTS) is 2. The Bertz CT molecular complexity index is 829. The predicted octanol–water partition coefficient (Wildman–Crippen LogP) is 2.51. The van der Waals surface area contributed by atoms with Gasteiger partial charge in [-0.15, -0.1) is 0 Å². The van der Waals surface area contributed by atoms with Crippen LogP contribution in [0.3, 0.4) is 0 Å². The highest BCUT2D eigenvalue weighted by molar-refractivity contribution is 9.10. The van der Waals surface area contributed by atoms with Crippen LogP contribution in [0.25, 0.3) is 10.9 Å². The molecule has 1 unspecified atom stereocenters. The van der Waals surface area contributed by atoms with Crippen molar-refractivity contribution in [2.24, 2.45) is 0 Å². The summed E-state index contributed by atoms with van der Waals surface area (Å²) in [4.78, 5) is 36.0. The lowest BCUT2D eigenvalue weighted by molar-refractivity contribution is -0.143. The molecule has 8 heteroatoms. The van der Waals surface area contributed by atoms with Crippen molar-refractivity contribution >= 4 is 44.8 Å². The van der Waals surface area contributed by atoms with Gasteiger partial charge in [0.1, 0.15) is 6.04 Å². The molecule has 0 spiro atoms. The minimum atomic E-state index is -1.20. The third-order valence-corrected chi connectivity index (χ3v) is 4.62. The van der Waals surface area contributed by atoms with E-state index in [1.807, 2.05) is 12.1 Å². The van der Waals surface area contributed by atoms with Crippen LogP contribution in [0, 0.1) is 0 Å². The van der Waals surface area contributed by atoms with Gasteiger partial charge in [0, 0.05) is 22.0 Å². The Morgan fingerprint density at radius 2 is 2.04 bits per heavy atom. The predicted molar refractivity (Wildman–Crippen MR) is 84.3 cm³/mol. The highest BCUT2D eigenvalue weighted by atomic mass is 79.9. The molecule has 0 saturated carbocycles. The highest BCUT2D eigenvalue weighted by Crippen LogP contribution is 2.32. The third kappa shape index (κ3) is 2.59. The molecule has 3 rings (SSSR count). The Labute approximate surface area is 139 Å².